The van der Waals surface area contributed by atoms with Gasteiger partial charge in [0.15, 0.2) is 0 Å². The van der Waals surface area contributed by atoms with Crippen LogP contribution in [0.5, 0.6) is 11.5 Å². The Labute approximate surface area is 222 Å². The van der Waals surface area contributed by atoms with Crippen molar-refractivity contribution in [1.82, 2.24) is 10.2 Å². The molecular formula is C30H32FN3O4. The number of rotatable bonds is 9. The monoisotopic (exact) mass is 517 g/mol. The van der Waals surface area contributed by atoms with E-state index in [1.165, 1.54) is 0 Å². The molecule has 0 unspecified atom stereocenters. The van der Waals surface area contributed by atoms with Gasteiger partial charge in [-0.3, -0.25) is 9.59 Å². The van der Waals surface area contributed by atoms with Crippen LogP contribution in [0.25, 0.3) is 0 Å². The largest absolute Gasteiger partial charge is 0.490 e. The van der Waals surface area contributed by atoms with Gasteiger partial charge in [-0.25, -0.2) is 4.39 Å². The minimum Gasteiger partial charge on any atom is -0.490 e. The molecule has 0 radical (unpaired) electrons. The molecular weight excluding hydrogens is 485 g/mol. The van der Waals surface area contributed by atoms with Crippen LogP contribution in [0.2, 0.25) is 0 Å². The first kappa shape index (κ1) is 25.6. The van der Waals surface area contributed by atoms with E-state index in [0.717, 1.165) is 17.0 Å². The normalized spacial score (nSPS) is 18.9. The number of benzene rings is 3. The van der Waals surface area contributed by atoms with Crippen molar-refractivity contribution >= 4 is 17.5 Å². The summed E-state index contributed by atoms with van der Waals surface area (Å²) in [6.45, 7) is 3.05. The van der Waals surface area contributed by atoms with Crippen molar-refractivity contribution in [3.05, 3.63) is 90.0 Å². The Hall–Kier alpha value is -4.07. The van der Waals surface area contributed by atoms with Gasteiger partial charge in [0.2, 0.25) is 5.91 Å². The predicted octanol–water partition coefficient (Wildman–Crippen LogP) is 4.22. The van der Waals surface area contributed by atoms with Gasteiger partial charge in [0, 0.05) is 50.3 Å². The smallest absolute Gasteiger partial charge is 0.251 e. The summed E-state index contributed by atoms with van der Waals surface area (Å²) >= 11 is 0. The number of piperazine rings is 1. The molecule has 0 bridgehead atoms. The molecule has 38 heavy (non-hydrogen) atoms. The number of nitrogens with zero attached hydrogens (tertiary/aromatic N) is 2. The van der Waals surface area contributed by atoms with Gasteiger partial charge in [-0.2, -0.15) is 0 Å². The molecule has 0 aromatic heterocycles. The number of hydrogen-bond acceptors (Lipinski definition) is 5. The van der Waals surface area contributed by atoms with Crippen molar-refractivity contribution in [3.63, 3.8) is 0 Å². The van der Waals surface area contributed by atoms with Gasteiger partial charge in [0.1, 0.15) is 30.4 Å². The molecule has 1 heterocycles. The van der Waals surface area contributed by atoms with Gasteiger partial charge in [-0.15, -0.1) is 0 Å². The van der Waals surface area contributed by atoms with E-state index in [1.54, 1.807) is 29.2 Å². The zero-order valence-electron chi connectivity index (χ0n) is 21.2. The zero-order chi connectivity index (χ0) is 26.3. The highest BCUT2D eigenvalue weighted by molar-refractivity contribution is 5.96. The van der Waals surface area contributed by atoms with Crippen LogP contribution in [0.15, 0.2) is 78.9 Å². The second-order valence-electron chi connectivity index (χ2n) is 9.66. The Morgan fingerprint density at radius 3 is 2.32 bits per heavy atom. The van der Waals surface area contributed by atoms with Crippen molar-refractivity contribution in [3.8, 4) is 11.5 Å². The third kappa shape index (κ3) is 6.62. The number of alkyl halides is 1. The summed E-state index contributed by atoms with van der Waals surface area (Å²) in [7, 11) is 0. The van der Waals surface area contributed by atoms with E-state index < -0.39 is 6.17 Å². The molecule has 3 aromatic carbocycles. The Kier molecular flexibility index (Phi) is 8.06. The summed E-state index contributed by atoms with van der Waals surface area (Å²) < 4.78 is 24.6. The number of nitrogens with one attached hydrogen (secondary N) is 1. The standard InChI is InChI=1S/C30H32FN3O4/c31-24-18-28(19-24)38-27-8-4-7-23(17-27)30(36)32-20-29(35)34-15-13-33(14-16-34)25-9-11-26(12-10-25)37-21-22-5-2-1-3-6-22/h1-12,17,24,28H,13-16,18-21H2,(H,32,36). The SMILES string of the molecule is O=C(NCC(=O)N1CCN(c2ccc(OCc3ccccc3)cc2)CC1)c1cccc(OC2CC(F)C2)c1. The van der Waals surface area contributed by atoms with E-state index in [4.69, 9.17) is 9.47 Å². The van der Waals surface area contributed by atoms with Crippen LogP contribution in [-0.2, 0) is 11.4 Å². The lowest BCUT2D eigenvalue weighted by molar-refractivity contribution is -0.130. The number of anilines is 1. The van der Waals surface area contributed by atoms with Crippen LogP contribution in [-0.4, -0.2) is 61.7 Å². The second-order valence-corrected chi connectivity index (χ2v) is 9.66. The molecule has 3 aromatic rings. The summed E-state index contributed by atoms with van der Waals surface area (Å²) in [6.07, 6.45) is -0.182. The lowest BCUT2D eigenvalue weighted by Crippen LogP contribution is -2.51. The van der Waals surface area contributed by atoms with Gasteiger partial charge in [0.05, 0.1) is 6.54 Å². The minimum atomic E-state index is -0.801. The molecule has 7 nitrogen and oxygen atoms in total. The molecule has 1 aliphatic heterocycles. The van der Waals surface area contributed by atoms with Crippen LogP contribution in [0.4, 0.5) is 10.1 Å². The summed E-state index contributed by atoms with van der Waals surface area (Å²) in [5.41, 5.74) is 2.62. The highest BCUT2D eigenvalue weighted by Crippen LogP contribution is 2.28. The van der Waals surface area contributed by atoms with Crippen LogP contribution < -0.4 is 19.7 Å². The van der Waals surface area contributed by atoms with E-state index in [0.29, 0.717) is 56.9 Å². The first-order valence-electron chi connectivity index (χ1n) is 13.0. The van der Waals surface area contributed by atoms with Crippen molar-refractivity contribution < 1.29 is 23.5 Å². The van der Waals surface area contributed by atoms with E-state index in [2.05, 4.69) is 10.2 Å². The Morgan fingerprint density at radius 2 is 1.61 bits per heavy atom. The van der Waals surface area contributed by atoms with E-state index >= 15 is 0 Å². The molecule has 2 amide bonds. The molecule has 0 atom stereocenters. The van der Waals surface area contributed by atoms with E-state index in [9.17, 15) is 14.0 Å². The molecule has 1 saturated carbocycles. The zero-order valence-corrected chi connectivity index (χ0v) is 21.2. The fourth-order valence-electron chi connectivity index (χ4n) is 4.58. The Balaban J connectivity index is 1.04. The molecule has 1 aliphatic carbocycles. The van der Waals surface area contributed by atoms with Gasteiger partial charge < -0.3 is 24.6 Å². The summed E-state index contributed by atoms with van der Waals surface area (Å²) in [5.74, 6) is 0.899. The van der Waals surface area contributed by atoms with Crippen LogP contribution in [0.3, 0.4) is 0 Å². The van der Waals surface area contributed by atoms with E-state index in [-0.39, 0.29) is 24.5 Å². The molecule has 2 aliphatic rings. The van der Waals surface area contributed by atoms with Gasteiger partial charge in [-0.1, -0.05) is 36.4 Å². The average Bonchev–Trinajstić information content (AvgIpc) is 2.95. The quantitative estimate of drug-likeness (QED) is 0.460. The van der Waals surface area contributed by atoms with Crippen molar-refractivity contribution in [2.24, 2.45) is 0 Å². The number of hydrogen-bond donors (Lipinski definition) is 1. The third-order valence-corrected chi connectivity index (χ3v) is 6.92. The number of amides is 2. The first-order chi connectivity index (χ1) is 18.5. The molecule has 198 valence electrons. The molecule has 1 N–H and O–H groups in total. The van der Waals surface area contributed by atoms with Crippen LogP contribution >= 0.6 is 0 Å². The van der Waals surface area contributed by atoms with Crippen LogP contribution in [0, 0.1) is 0 Å². The third-order valence-electron chi connectivity index (χ3n) is 6.92. The van der Waals surface area contributed by atoms with Crippen molar-refractivity contribution in [2.45, 2.75) is 31.7 Å². The second kappa shape index (κ2) is 12.0. The summed E-state index contributed by atoms with van der Waals surface area (Å²) in [5, 5.41) is 2.71. The summed E-state index contributed by atoms with van der Waals surface area (Å²) in [4.78, 5) is 29.3. The highest BCUT2D eigenvalue weighted by Gasteiger charge is 2.30. The number of carbonyl (C=O) groups is 2. The van der Waals surface area contributed by atoms with Crippen molar-refractivity contribution in [1.29, 1.82) is 0 Å². The van der Waals surface area contributed by atoms with Gasteiger partial charge >= 0.3 is 0 Å². The molecule has 5 rings (SSSR count). The van der Waals surface area contributed by atoms with Crippen molar-refractivity contribution in [2.75, 3.05) is 37.6 Å². The topological polar surface area (TPSA) is 71.1 Å². The predicted molar refractivity (Wildman–Crippen MR) is 143 cm³/mol. The van der Waals surface area contributed by atoms with E-state index in [1.807, 2.05) is 54.6 Å². The maximum absolute atomic E-state index is 13.0. The first-order valence-corrected chi connectivity index (χ1v) is 13.0. The van der Waals surface area contributed by atoms with Gasteiger partial charge in [0.25, 0.3) is 5.91 Å². The fourth-order valence-corrected chi connectivity index (χ4v) is 4.58. The Morgan fingerprint density at radius 1 is 0.868 bits per heavy atom. The molecule has 2 fully saturated rings. The molecule has 1 saturated heterocycles. The number of ether oxygens (including phenoxy) is 2. The maximum Gasteiger partial charge on any atom is 0.251 e. The lowest BCUT2D eigenvalue weighted by atomic mass is 9.93. The molecule has 8 heteroatoms. The number of halogens is 1. The average molecular weight is 518 g/mol. The minimum absolute atomic E-state index is 0.0659. The van der Waals surface area contributed by atoms with Gasteiger partial charge in [-0.05, 0) is 48.0 Å². The number of carbonyl (C=O) groups excluding carboxylic acids is 2. The lowest BCUT2D eigenvalue weighted by Gasteiger charge is -2.36. The fraction of sp³-hybridized carbons (Fsp3) is 0.333. The maximum atomic E-state index is 13.0. The summed E-state index contributed by atoms with van der Waals surface area (Å²) in [6, 6.07) is 24.8. The molecule has 0 spiro atoms. The highest BCUT2D eigenvalue weighted by atomic mass is 19.1. The van der Waals surface area contributed by atoms with Crippen LogP contribution in [0.1, 0.15) is 28.8 Å². The Bertz CT molecular complexity index is 1220.